The molecule has 0 fully saturated rings. The lowest BCUT2D eigenvalue weighted by molar-refractivity contribution is 0.413. The van der Waals surface area contributed by atoms with Gasteiger partial charge in [-0.05, 0) is 30.7 Å². The maximum absolute atomic E-state index is 14.1. The first kappa shape index (κ1) is 12.5. The molecular formula is C15H14FN3O. The molecule has 102 valence electrons. The van der Waals surface area contributed by atoms with Gasteiger partial charge in [0, 0.05) is 18.1 Å². The van der Waals surface area contributed by atoms with E-state index in [0.717, 1.165) is 11.2 Å². The number of aryl methyl sites for hydroxylation is 1. The number of methoxy groups -OCH3 is 1. The van der Waals surface area contributed by atoms with E-state index in [1.54, 1.807) is 28.9 Å². The molecule has 0 amide bonds. The zero-order chi connectivity index (χ0) is 14.3. The molecule has 2 aromatic heterocycles. The van der Waals surface area contributed by atoms with Crippen molar-refractivity contribution >= 4 is 11.3 Å². The molecule has 5 heteroatoms. The summed E-state index contributed by atoms with van der Waals surface area (Å²) in [7, 11) is 1.51. The van der Waals surface area contributed by atoms with E-state index in [1.807, 2.05) is 13.0 Å². The minimum Gasteiger partial charge on any atom is -0.496 e. The predicted octanol–water partition coefficient (Wildman–Crippen LogP) is 3.04. The van der Waals surface area contributed by atoms with Crippen LogP contribution in [0.4, 0.5) is 10.1 Å². The number of rotatable bonds is 2. The quantitative estimate of drug-likeness (QED) is 0.779. The van der Waals surface area contributed by atoms with Crippen molar-refractivity contribution in [3.63, 3.8) is 0 Å². The molecule has 0 saturated heterocycles. The fraction of sp³-hybridized carbons (Fsp3) is 0.133. The van der Waals surface area contributed by atoms with Crippen molar-refractivity contribution in [2.24, 2.45) is 0 Å². The van der Waals surface area contributed by atoms with E-state index in [2.05, 4.69) is 4.98 Å². The van der Waals surface area contributed by atoms with E-state index in [-0.39, 0.29) is 5.82 Å². The summed E-state index contributed by atoms with van der Waals surface area (Å²) in [5.41, 5.74) is 9.02. The fourth-order valence-electron chi connectivity index (χ4n) is 2.34. The Morgan fingerprint density at radius 3 is 2.85 bits per heavy atom. The molecule has 0 radical (unpaired) electrons. The van der Waals surface area contributed by atoms with Gasteiger partial charge in [0.25, 0.3) is 0 Å². The minimum atomic E-state index is -0.363. The van der Waals surface area contributed by atoms with Gasteiger partial charge in [0.1, 0.15) is 17.2 Å². The summed E-state index contributed by atoms with van der Waals surface area (Å²) >= 11 is 0. The number of benzene rings is 1. The van der Waals surface area contributed by atoms with Gasteiger partial charge >= 0.3 is 0 Å². The van der Waals surface area contributed by atoms with Crippen LogP contribution in [0, 0.1) is 12.7 Å². The third-order valence-electron chi connectivity index (χ3n) is 3.21. The molecule has 20 heavy (non-hydrogen) atoms. The van der Waals surface area contributed by atoms with E-state index in [4.69, 9.17) is 10.5 Å². The SMILES string of the molecule is COc1cccc(F)c1-c1cn2cc(N)cc(C)c2n1. The van der Waals surface area contributed by atoms with E-state index in [1.165, 1.54) is 13.2 Å². The number of fused-ring (bicyclic) bond motifs is 1. The Labute approximate surface area is 115 Å². The van der Waals surface area contributed by atoms with E-state index < -0.39 is 0 Å². The van der Waals surface area contributed by atoms with Crippen molar-refractivity contribution in [1.82, 2.24) is 9.38 Å². The van der Waals surface area contributed by atoms with Crippen LogP contribution in [0.15, 0.2) is 36.7 Å². The number of aromatic nitrogens is 2. The lowest BCUT2D eigenvalue weighted by Gasteiger charge is -2.06. The van der Waals surface area contributed by atoms with Gasteiger partial charge in [-0.1, -0.05) is 6.07 Å². The lowest BCUT2D eigenvalue weighted by atomic mass is 10.1. The van der Waals surface area contributed by atoms with Gasteiger partial charge in [-0.2, -0.15) is 0 Å². The van der Waals surface area contributed by atoms with Gasteiger partial charge in [-0.15, -0.1) is 0 Å². The van der Waals surface area contributed by atoms with Crippen molar-refractivity contribution in [3.05, 3.63) is 48.0 Å². The molecular weight excluding hydrogens is 257 g/mol. The third-order valence-corrected chi connectivity index (χ3v) is 3.21. The number of pyridine rings is 1. The van der Waals surface area contributed by atoms with Crippen LogP contribution in [-0.4, -0.2) is 16.5 Å². The first-order chi connectivity index (χ1) is 9.60. The highest BCUT2D eigenvalue weighted by molar-refractivity contribution is 5.71. The van der Waals surface area contributed by atoms with Crippen LogP contribution in [-0.2, 0) is 0 Å². The number of ether oxygens (including phenoxy) is 1. The van der Waals surface area contributed by atoms with Crippen LogP contribution in [0.5, 0.6) is 5.75 Å². The number of hydrogen-bond donors (Lipinski definition) is 1. The molecule has 4 nitrogen and oxygen atoms in total. The van der Waals surface area contributed by atoms with Crippen LogP contribution in [0.3, 0.4) is 0 Å². The Bertz CT molecular complexity index is 795. The number of nitrogens with two attached hydrogens (primary N) is 1. The fourth-order valence-corrected chi connectivity index (χ4v) is 2.34. The van der Waals surface area contributed by atoms with Crippen molar-refractivity contribution in [2.45, 2.75) is 6.92 Å². The van der Waals surface area contributed by atoms with Gasteiger partial charge in [0.15, 0.2) is 0 Å². The van der Waals surface area contributed by atoms with Gasteiger partial charge in [-0.25, -0.2) is 9.37 Å². The molecule has 0 atom stereocenters. The second-order valence-electron chi connectivity index (χ2n) is 4.63. The standard InChI is InChI=1S/C15H14FN3O/c1-9-6-10(17)7-19-8-12(18-15(9)19)14-11(16)4-3-5-13(14)20-2/h3-8H,17H2,1-2H3. The Kier molecular flexibility index (Phi) is 2.82. The molecule has 0 aliphatic carbocycles. The number of imidazole rings is 1. The largest absolute Gasteiger partial charge is 0.496 e. The molecule has 3 aromatic rings. The second kappa shape index (κ2) is 4.52. The minimum absolute atomic E-state index is 0.358. The lowest BCUT2D eigenvalue weighted by Crippen LogP contribution is -1.92. The summed E-state index contributed by atoms with van der Waals surface area (Å²) < 4.78 is 21.1. The highest BCUT2D eigenvalue weighted by Gasteiger charge is 2.15. The van der Waals surface area contributed by atoms with Crippen LogP contribution < -0.4 is 10.5 Å². The van der Waals surface area contributed by atoms with Crippen molar-refractivity contribution in [3.8, 4) is 17.0 Å². The zero-order valence-corrected chi connectivity index (χ0v) is 11.2. The number of nitrogen functional groups attached to an aromatic ring is 1. The number of hydrogen-bond acceptors (Lipinski definition) is 3. The number of nitrogens with zero attached hydrogens (tertiary/aromatic N) is 2. The van der Waals surface area contributed by atoms with Crippen molar-refractivity contribution < 1.29 is 9.13 Å². The molecule has 0 aliphatic rings. The zero-order valence-electron chi connectivity index (χ0n) is 11.2. The maximum Gasteiger partial charge on any atom is 0.140 e. The summed E-state index contributed by atoms with van der Waals surface area (Å²) in [6.07, 6.45) is 3.51. The van der Waals surface area contributed by atoms with E-state index in [0.29, 0.717) is 22.7 Å². The third kappa shape index (κ3) is 1.87. The molecule has 0 aliphatic heterocycles. The molecule has 0 spiro atoms. The highest BCUT2D eigenvalue weighted by atomic mass is 19.1. The average molecular weight is 271 g/mol. The first-order valence-electron chi connectivity index (χ1n) is 6.18. The smallest absolute Gasteiger partial charge is 0.140 e. The molecule has 3 rings (SSSR count). The normalized spacial score (nSPS) is 10.9. The Morgan fingerprint density at radius 1 is 1.30 bits per heavy atom. The summed E-state index contributed by atoms with van der Waals surface area (Å²) in [5.74, 6) is 0.0948. The topological polar surface area (TPSA) is 52.5 Å². The molecule has 1 aromatic carbocycles. The molecule has 2 N–H and O–H groups in total. The van der Waals surface area contributed by atoms with Gasteiger partial charge in [-0.3, -0.25) is 0 Å². The first-order valence-corrected chi connectivity index (χ1v) is 6.18. The Morgan fingerprint density at radius 2 is 2.10 bits per heavy atom. The molecule has 0 unspecified atom stereocenters. The van der Waals surface area contributed by atoms with Gasteiger partial charge in [0.2, 0.25) is 0 Å². The summed E-state index contributed by atoms with van der Waals surface area (Å²) in [5, 5.41) is 0. The monoisotopic (exact) mass is 271 g/mol. The van der Waals surface area contributed by atoms with E-state index >= 15 is 0 Å². The number of halogens is 1. The van der Waals surface area contributed by atoms with Gasteiger partial charge < -0.3 is 14.9 Å². The molecule has 2 heterocycles. The number of anilines is 1. The van der Waals surface area contributed by atoms with Crippen LogP contribution in [0.25, 0.3) is 16.9 Å². The van der Waals surface area contributed by atoms with Gasteiger partial charge in [0.05, 0.1) is 18.4 Å². The average Bonchev–Trinajstić information content (AvgIpc) is 2.81. The van der Waals surface area contributed by atoms with Crippen LogP contribution >= 0.6 is 0 Å². The van der Waals surface area contributed by atoms with Crippen molar-refractivity contribution in [2.75, 3.05) is 12.8 Å². The molecule has 0 bridgehead atoms. The highest BCUT2D eigenvalue weighted by Crippen LogP contribution is 2.32. The van der Waals surface area contributed by atoms with Crippen LogP contribution in [0.2, 0.25) is 0 Å². The Balaban J connectivity index is 2.28. The molecule has 0 saturated carbocycles. The maximum atomic E-state index is 14.1. The summed E-state index contributed by atoms with van der Waals surface area (Å²) in [6.45, 7) is 1.92. The van der Waals surface area contributed by atoms with Crippen molar-refractivity contribution in [1.29, 1.82) is 0 Å². The second-order valence-corrected chi connectivity index (χ2v) is 4.63. The van der Waals surface area contributed by atoms with Crippen LogP contribution in [0.1, 0.15) is 5.56 Å². The van der Waals surface area contributed by atoms with E-state index in [9.17, 15) is 4.39 Å². The Hall–Kier alpha value is -2.56. The summed E-state index contributed by atoms with van der Waals surface area (Å²) in [4.78, 5) is 4.48. The summed E-state index contributed by atoms with van der Waals surface area (Å²) in [6, 6.07) is 6.55. The predicted molar refractivity (Wildman–Crippen MR) is 76.3 cm³/mol.